The van der Waals surface area contributed by atoms with Crippen molar-refractivity contribution in [2.45, 2.75) is 38.6 Å². The van der Waals surface area contributed by atoms with Gasteiger partial charge in [-0.2, -0.15) is 5.10 Å². The monoisotopic (exact) mass is 257 g/mol. The summed E-state index contributed by atoms with van der Waals surface area (Å²) in [5.74, 6) is 1.40. The van der Waals surface area contributed by atoms with Gasteiger partial charge >= 0.3 is 0 Å². The van der Waals surface area contributed by atoms with Gasteiger partial charge in [0.1, 0.15) is 0 Å². The Bertz CT molecular complexity index is 283. The normalized spacial score (nSPS) is 18.6. The van der Waals surface area contributed by atoms with E-state index in [4.69, 9.17) is 5.73 Å². The molecule has 0 atom stereocenters. The molecule has 2 N–H and O–H groups in total. The predicted molar refractivity (Wildman–Crippen MR) is 60.9 cm³/mol. The van der Waals surface area contributed by atoms with Crippen LogP contribution in [-0.4, -0.2) is 9.78 Å². The predicted octanol–water partition coefficient (Wildman–Crippen LogP) is 2.81. The number of halogens is 1. The van der Waals surface area contributed by atoms with E-state index in [-0.39, 0.29) is 0 Å². The summed E-state index contributed by atoms with van der Waals surface area (Å²) < 4.78 is 2.88. The molecule has 0 unspecified atom stereocenters. The number of anilines is 1. The lowest BCUT2D eigenvalue weighted by Crippen LogP contribution is -2.14. The molecule has 0 bridgehead atoms. The Balaban J connectivity index is 1.95. The number of nitrogens with two attached hydrogens (primary N) is 1. The minimum atomic E-state index is 0.598. The standard InChI is InChI=1S/C10H16BrN3/c11-9-7-14(13-10(9)12)6-8-4-2-1-3-5-8/h7-8H,1-6H2,(H2,12,13). The number of nitrogen functional groups attached to an aromatic ring is 1. The SMILES string of the molecule is Nc1nn(CC2CCCCC2)cc1Br. The van der Waals surface area contributed by atoms with Gasteiger partial charge in [0.05, 0.1) is 4.47 Å². The van der Waals surface area contributed by atoms with Gasteiger partial charge in [-0.1, -0.05) is 19.3 Å². The van der Waals surface area contributed by atoms with Crippen LogP contribution in [0.2, 0.25) is 0 Å². The summed E-state index contributed by atoms with van der Waals surface area (Å²) in [6.07, 6.45) is 8.82. The topological polar surface area (TPSA) is 43.8 Å². The van der Waals surface area contributed by atoms with Crippen molar-refractivity contribution in [2.24, 2.45) is 5.92 Å². The molecule has 0 radical (unpaired) electrons. The molecule has 1 heterocycles. The van der Waals surface area contributed by atoms with E-state index in [9.17, 15) is 0 Å². The molecule has 2 rings (SSSR count). The average molecular weight is 258 g/mol. The van der Waals surface area contributed by atoms with E-state index in [2.05, 4.69) is 21.0 Å². The van der Waals surface area contributed by atoms with Crippen molar-refractivity contribution in [3.63, 3.8) is 0 Å². The molecule has 1 fully saturated rings. The van der Waals surface area contributed by atoms with Gasteiger partial charge in [-0.3, -0.25) is 4.68 Å². The van der Waals surface area contributed by atoms with Crippen LogP contribution in [0.25, 0.3) is 0 Å². The second-order valence-corrected chi connectivity index (χ2v) is 4.94. The Hall–Kier alpha value is -0.510. The Morgan fingerprint density at radius 2 is 2.14 bits per heavy atom. The first-order valence-corrected chi connectivity index (χ1v) is 6.03. The third-order valence-corrected chi connectivity index (χ3v) is 3.52. The summed E-state index contributed by atoms with van der Waals surface area (Å²) >= 11 is 3.37. The van der Waals surface area contributed by atoms with Crippen LogP contribution in [0.4, 0.5) is 5.82 Å². The van der Waals surface area contributed by atoms with Crippen LogP contribution in [0.15, 0.2) is 10.7 Å². The lowest BCUT2D eigenvalue weighted by atomic mass is 9.89. The molecule has 0 amide bonds. The Morgan fingerprint density at radius 1 is 1.43 bits per heavy atom. The Kier molecular flexibility index (Phi) is 3.11. The van der Waals surface area contributed by atoms with Crippen molar-refractivity contribution >= 4 is 21.7 Å². The largest absolute Gasteiger partial charge is 0.381 e. The third-order valence-electron chi connectivity index (χ3n) is 2.91. The van der Waals surface area contributed by atoms with E-state index in [1.54, 1.807) is 0 Å². The zero-order chi connectivity index (χ0) is 9.97. The fraction of sp³-hybridized carbons (Fsp3) is 0.700. The van der Waals surface area contributed by atoms with Crippen LogP contribution >= 0.6 is 15.9 Å². The summed E-state index contributed by atoms with van der Waals surface area (Å²) in [4.78, 5) is 0. The van der Waals surface area contributed by atoms with Crippen molar-refractivity contribution in [2.75, 3.05) is 5.73 Å². The van der Waals surface area contributed by atoms with Gasteiger partial charge in [0, 0.05) is 12.7 Å². The molecule has 78 valence electrons. The van der Waals surface area contributed by atoms with Crippen LogP contribution < -0.4 is 5.73 Å². The average Bonchev–Trinajstić information content (AvgIpc) is 2.47. The molecule has 1 aliphatic rings. The van der Waals surface area contributed by atoms with Gasteiger partial charge in [-0.05, 0) is 34.7 Å². The first-order chi connectivity index (χ1) is 6.75. The molecule has 14 heavy (non-hydrogen) atoms. The van der Waals surface area contributed by atoms with E-state index in [0.29, 0.717) is 5.82 Å². The molecule has 0 aromatic carbocycles. The first-order valence-electron chi connectivity index (χ1n) is 5.24. The molecule has 0 aliphatic heterocycles. The molecule has 4 heteroatoms. The fourth-order valence-electron chi connectivity index (χ4n) is 2.14. The van der Waals surface area contributed by atoms with Crippen LogP contribution in [0.3, 0.4) is 0 Å². The highest BCUT2D eigenvalue weighted by Crippen LogP contribution is 2.26. The minimum Gasteiger partial charge on any atom is -0.381 e. The summed E-state index contributed by atoms with van der Waals surface area (Å²) in [6.45, 7) is 1.02. The molecular weight excluding hydrogens is 242 g/mol. The van der Waals surface area contributed by atoms with Gasteiger partial charge in [0.25, 0.3) is 0 Å². The molecule has 0 spiro atoms. The van der Waals surface area contributed by atoms with Gasteiger partial charge in [0.2, 0.25) is 0 Å². The number of hydrogen-bond donors (Lipinski definition) is 1. The van der Waals surface area contributed by atoms with Gasteiger partial charge < -0.3 is 5.73 Å². The second-order valence-electron chi connectivity index (χ2n) is 4.09. The van der Waals surface area contributed by atoms with Crippen molar-refractivity contribution in [1.29, 1.82) is 0 Å². The zero-order valence-electron chi connectivity index (χ0n) is 8.25. The van der Waals surface area contributed by atoms with Crippen molar-refractivity contribution in [3.05, 3.63) is 10.7 Å². The van der Waals surface area contributed by atoms with Crippen LogP contribution in [-0.2, 0) is 6.54 Å². The maximum Gasteiger partial charge on any atom is 0.159 e. The van der Waals surface area contributed by atoms with E-state index < -0.39 is 0 Å². The van der Waals surface area contributed by atoms with E-state index in [0.717, 1.165) is 16.9 Å². The van der Waals surface area contributed by atoms with Gasteiger partial charge in [-0.25, -0.2) is 0 Å². The lowest BCUT2D eigenvalue weighted by Gasteiger charge is -2.21. The van der Waals surface area contributed by atoms with E-state index >= 15 is 0 Å². The molecule has 1 saturated carbocycles. The maximum absolute atomic E-state index is 5.67. The summed E-state index contributed by atoms with van der Waals surface area (Å²) in [6, 6.07) is 0. The van der Waals surface area contributed by atoms with Crippen LogP contribution in [0, 0.1) is 5.92 Å². The Labute approximate surface area is 92.8 Å². The molecular formula is C10H16BrN3. The fourth-order valence-corrected chi connectivity index (χ4v) is 2.46. The first kappa shape index (κ1) is 10.0. The number of aromatic nitrogens is 2. The van der Waals surface area contributed by atoms with E-state index in [1.807, 2.05) is 10.9 Å². The quantitative estimate of drug-likeness (QED) is 0.886. The number of nitrogens with zero attached hydrogens (tertiary/aromatic N) is 2. The number of rotatable bonds is 2. The van der Waals surface area contributed by atoms with Crippen molar-refractivity contribution in [3.8, 4) is 0 Å². The summed E-state index contributed by atoms with van der Waals surface area (Å²) in [7, 11) is 0. The highest BCUT2D eigenvalue weighted by molar-refractivity contribution is 9.10. The molecule has 1 aliphatic carbocycles. The zero-order valence-corrected chi connectivity index (χ0v) is 9.83. The highest BCUT2D eigenvalue weighted by atomic mass is 79.9. The minimum absolute atomic E-state index is 0.598. The molecule has 3 nitrogen and oxygen atoms in total. The maximum atomic E-state index is 5.67. The van der Waals surface area contributed by atoms with Gasteiger partial charge in [-0.15, -0.1) is 0 Å². The Morgan fingerprint density at radius 3 is 2.71 bits per heavy atom. The molecule has 1 aromatic rings. The molecule has 0 saturated heterocycles. The van der Waals surface area contributed by atoms with Crippen molar-refractivity contribution < 1.29 is 0 Å². The summed E-state index contributed by atoms with van der Waals surface area (Å²) in [5.41, 5.74) is 5.67. The number of hydrogen-bond acceptors (Lipinski definition) is 2. The van der Waals surface area contributed by atoms with Crippen LogP contribution in [0.5, 0.6) is 0 Å². The third kappa shape index (κ3) is 2.29. The smallest absolute Gasteiger partial charge is 0.159 e. The van der Waals surface area contributed by atoms with Crippen molar-refractivity contribution in [1.82, 2.24) is 9.78 Å². The van der Waals surface area contributed by atoms with E-state index in [1.165, 1.54) is 32.1 Å². The van der Waals surface area contributed by atoms with Crippen LogP contribution in [0.1, 0.15) is 32.1 Å². The molecule has 1 aromatic heterocycles. The summed E-state index contributed by atoms with van der Waals surface area (Å²) in [5, 5.41) is 4.25. The highest BCUT2D eigenvalue weighted by Gasteiger charge is 2.14. The second kappa shape index (κ2) is 4.34. The lowest BCUT2D eigenvalue weighted by molar-refractivity contribution is 0.308. The van der Waals surface area contributed by atoms with Gasteiger partial charge in [0.15, 0.2) is 5.82 Å².